The molecule has 0 spiro atoms. The van der Waals surface area contributed by atoms with Gasteiger partial charge in [0.1, 0.15) is 0 Å². The monoisotopic (exact) mass is 489 g/mol. The Balaban J connectivity index is 1.18. The SMILES string of the molecule is C[C@@H]1[C@@H]2C[C@@H](C[C@@H](N3[C@@H]4CCC[C@H]3CC(n3c(=O)c(C(=O)O)nc5ccccc53)C4)C2)C[C@@H]1C1CC1. The molecule has 2 aromatic rings. The van der Waals surface area contributed by atoms with Crippen LogP contribution in [0.3, 0.4) is 0 Å². The summed E-state index contributed by atoms with van der Waals surface area (Å²) < 4.78 is 1.80. The Bertz CT molecular complexity index is 1220. The highest BCUT2D eigenvalue weighted by Crippen LogP contribution is 2.55. The number of carboxylic acids is 1. The zero-order chi connectivity index (χ0) is 24.6. The number of nitrogens with zero attached hydrogens (tertiary/aromatic N) is 3. The highest BCUT2D eigenvalue weighted by atomic mass is 16.4. The molecule has 0 amide bonds. The van der Waals surface area contributed by atoms with Crippen molar-refractivity contribution in [3.05, 3.63) is 40.3 Å². The Kier molecular flexibility index (Phi) is 5.53. The largest absolute Gasteiger partial charge is 0.476 e. The Labute approximate surface area is 213 Å². The minimum absolute atomic E-state index is 0.0383. The zero-order valence-electron chi connectivity index (χ0n) is 21.4. The number of hydrogen-bond acceptors (Lipinski definition) is 4. The van der Waals surface area contributed by atoms with Gasteiger partial charge in [-0.05, 0) is 106 Å². The number of para-hydroxylation sites is 2. The van der Waals surface area contributed by atoms with Crippen LogP contribution in [0.4, 0.5) is 0 Å². The van der Waals surface area contributed by atoms with E-state index in [1.165, 1.54) is 57.8 Å². The molecule has 1 aromatic heterocycles. The number of fused-ring (bicyclic) bond motifs is 5. The van der Waals surface area contributed by atoms with Crippen molar-refractivity contribution in [2.45, 2.75) is 102 Å². The first-order chi connectivity index (χ1) is 17.5. The molecule has 6 nitrogen and oxygen atoms in total. The van der Waals surface area contributed by atoms with Crippen molar-refractivity contribution in [2.24, 2.45) is 29.6 Å². The van der Waals surface area contributed by atoms with Gasteiger partial charge >= 0.3 is 5.97 Å². The van der Waals surface area contributed by atoms with Crippen LogP contribution in [0.1, 0.15) is 94.1 Å². The number of rotatable bonds is 4. The first kappa shape index (κ1) is 22.9. The van der Waals surface area contributed by atoms with E-state index in [2.05, 4.69) is 16.8 Å². The van der Waals surface area contributed by atoms with Crippen LogP contribution in [-0.2, 0) is 0 Å². The van der Waals surface area contributed by atoms with E-state index in [0.717, 1.165) is 47.9 Å². The number of benzene rings is 1. The number of carboxylic acid groups (broad SMARTS) is 1. The maximum absolute atomic E-state index is 13.4. The molecule has 1 N–H and O–H groups in total. The van der Waals surface area contributed by atoms with Crippen molar-refractivity contribution in [3.8, 4) is 0 Å². The third-order valence-corrected chi connectivity index (χ3v) is 10.9. The van der Waals surface area contributed by atoms with Gasteiger partial charge in [0, 0.05) is 24.2 Å². The van der Waals surface area contributed by atoms with Crippen molar-refractivity contribution >= 4 is 17.0 Å². The van der Waals surface area contributed by atoms with E-state index in [4.69, 9.17) is 0 Å². The number of aromatic nitrogens is 2. The molecule has 2 aliphatic heterocycles. The third-order valence-electron chi connectivity index (χ3n) is 10.9. The summed E-state index contributed by atoms with van der Waals surface area (Å²) in [6, 6.07) is 9.25. The minimum atomic E-state index is -1.23. The topological polar surface area (TPSA) is 75.4 Å². The van der Waals surface area contributed by atoms with E-state index in [9.17, 15) is 14.7 Å². The van der Waals surface area contributed by atoms with Crippen LogP contribution >= 0.6 is 0 Å². The van der Waals surface area contributed by atoms with Gasteiger partial charge in [0.25, 0.3) is 5.56 Å². The smallest absolute Gasteiger partial charge is 0.360 e. The van der Waals surface area contributed by atoms with Crippen LogP contribution in [0.5, 0.6) is 0 Å². The average Bonchev–Trinajstić information content (AvgIpc) is 3.70. The quantitative estimate of drug-likeness (QED) is 0.613. The molecule has 3 heterocycles. The molecule has 192 valence electrons. The molecule has 5 aliphatic rings. The van der Waals surface area contributed by atoms with Crippen LogP contribution in [-0.4, -0.2) is 43.7 Å². The summed E-state index contributed by atoms with van der Waals surface area (Å²) >= 11 is 0. The lowest BCUT2D eigenvalue weighted by Gasteiger charge is -2.57. The van der Waals surface area contributed by atoms with Crippen molar-refractivity contribution in [1.29, 1.82) is 0 Å². The first-order valence-corrected chi connectivity index (χ1v) is 14.5. The molecular formula is C30H39N3O3. The van der Waals surface area contributed by atoms with E-state index in [0.29, 0.717) is 23.6 Å². The molecule has 5 fully saturated rings. The number of carbonyl (C=O) groups is 1. The first-order valence-electron chi connectivity index (χ1n) is 14.5. The van der Waals surface area contributed by atoms with Crippen LogP contribution in [0, 0.1) is 29.6 Å². The van der Waals surface area contributed by atoms with Crippen molar-refractivity contribution < 1.29 is 9.90 Å². The van der Waals surface area contributed by atoms with Gasteiger partial charge in [-0.15, -0.1) is 0 Å². The second-order valence-electron chi connectivity index (χ2n) is 12.8. The van der Waals surface area contributed by atoms with E-state index in [-0.39, 0.29) is 11.7 Å². The standard InChI is InChI=1S/C30H39N3O3/c1-17-20-11-18(13-25(17)19-9-10-19)12-23(14-20)32-21-5-4-6-22(32)16-24(15-21)33-27-8-3-2-7-26(27)31-28(29(33)34)30(35)36/h2-3,7-8,17-25H,4-6,9-16H2,1H3,(H,35,36)/t17-,18+,20-,21-,22+,23-,24?,25+/m1/s1. The van der Waals surface area contributed by atoms with Crippen LogP contribution < -0.4 is 5.56 Å². The van der Waals surface area contributed by atoms with E-state index < -0.39 is 11.5 Å². The summed E-state index contributed by atoms with van der Waals surface area (Å²) in [6.45, 7) is 2.56. The second kappa shape index (κ2) is 8.68. The summed E-state index contributed by atoms with van der Waals surface area (Å²) in [6.07, 6.45) is 14.1. The van der Waals surface area contributed by atoms with Gasteiger partial charge in [-0.25, -0.2) is 9.78 Å². The molecule has 1 unspecified atom stereocenters. The highest BCUT2D eigenvalue weighted by molar-refractivity contribution is 5.88. The zero-order valence-corrected chi connectivity index (χ0v) is 21.4. The maximum Gasteiger partial charge on any atom is 0.360 e. The minimum Gasteiger partial charge on any atom is -0.476 e. The van der Waals surface area contributed by atoms with Gasteiger partial charge in [0.05, 0.1) is 11.0 Å². The summed E-state index contributed by atoms with van der Waals surface area (Å²) in [5.74, 6) is 3.45. The third kappa shape index (κ3) is 3.74. The fourth-order valence-electron chi connectivity index (χ4n) is 9.26. The van der Waals surface area contributed by atoms with Crippen molar-refractivity contribution in [2.75, 3.05) is 0 Å². The van der Waals surface area contributed by atoms with E-state index in [1.807, 2.05) is 24.3 Å². The average molecular weight is 490 g/mol. The summed E-state index contributed by atoms with van der Waals surface area (Å²) in [4.78, 5) is 32.4. The van der Waals surface area contributed by atoms with Gasteiger partial charge < -0.3 is 9.67 Å². The lowest BCUT2D eigenvalue weighted by atomic mass is 9.59. The number of aromatic carboxylic acids is 1. The summed E-state index contributed by atoms with van der Waals surface area (Å²) in [5, 5.41) is 9.69. The molecule has 3 saturated carbocycles. The fraction of sp³-hybridized carbons (Fsp3) is 0.700. The summed E-state index contributed by atoms with van der Waals surface area (Å²) in [5.41, 5.74) is 0.586. The Morgan fingerprint density at radius 1 is 0.889 bits per heavy atom. The molecule has 36 heavy (non-hydrogen) atoms. The summed E-state index contributed by atoms with van der Waals surface area (Å²) in [7, 11) is 0. The molecule has 8 atom stereocenters. The molecule has 0 radical (unpaired) electrons. The molecule has 3 aliphatic carbocycles. The van der Waals surface area contributed by atoms with Gasteiger partial charge in [0.2, 0.25) is 5.69 Å². The maximum atomic E-state index is 13.4. The normalized spacial score (nSPS) is 38.7. The Morgan fingerprint density at radius 3 is 2.36 bits per heavy atom. The van der Waals surface area contributed by atoms with Crippen LogP contribution in [0.2, 0.25) is 0 Å². The lowest BCUT2D eigenvalue weighted by molar-refractivity contribution is -0.0652. The van der Waals surface area contributed by atoms with Gasteiger partial charge in [-0.3, -0.25) is 9.69 Å². The fourth-order valence-corrected chi connectivity index (χ4v) is 9.26. The molecule has 2 saturated heterocycles. The molecule has 1 aromatic carbocycles. The predicted molar refractivity (Wildman–Crippen MR) is 139 cm³/mol. The van der Waals surface area contributed by atoms with E-state index >= 15 is 0 Å². The predicted octanol–water partition coefficient (Wildman–Crippen LogP) is 5.50. The van der Waals surface area contributed by atoms with E-state index in [1.54, 1.807) is 4.57 Å². The molecule has 4 bridgehead atoms. The number of piperidine rings is 2. The van der Waals surface area contributed by atoms with Gasteiger partial charge in [-0.1, -0.05) is 25.5 Å². The van der Waals surface area contributed by atoms with Crippen LogP contribution in [0.15, 0.2) is 29.1 Å². The molecule has 6 heteroatoms. The van der Waals surface area contributed by atoms with Gasteiger partial charge in [0.15, 0.2) is 0 Å². The van der Waals surface area contributed by atoms with Crippen LogP contribution in [0.25, 0.3) is 11.0 Å². The molecular weight excluding hydrogens is 450 g/mol. The Morgan fingerprint density at radius 2 is 1.64 bits per heavy atom. The lowest BCUT2D eigenvalue weighted by Crippen LogP contribution is -2.59. The molecule has 7 rings (SSSR count). The highest BCUT2D eigenvalue weighted by Gasteiger charge is 2.50. The Hall–Kier alpha value is -2.21. The number of hydrogen-bond donors (Lipinski definition) is 1. The second-order valence-corrected chi connectivity index (χ2v) is 12.8. The van der Waals surface area contributed by atoms with Gasteiger partial charge in [-0.2, -0.15) is 0 Å². The van der Waals surface area contributed by atoms with Crippen molar-refractivity contribution in [1.82, 2.24) is 14.5 Å². The van der Waals surface area contributed by atoms with Crippen molar-refractivity contribution in [3.63, 3.8) is 0 Å².